The van der Waals surface area contributed by atoms with Crippen LogP contribution in [0.5, 0.6) is 0 Å². The Balaban J connectivity index is 1.55. The molecule has 0 unspecified atom stereocenters. The summed E-state index contributed by atoms with van der Waals surface area (Å²) in [4.78, 5) is 54.2. The number of Topliss-reactive ketones (excluding diaryl/α,β-unsaturated/α-hetero) is 1. The van der Waals surface area contributed by atoms with Crippen molar-refractivity contribution in [2.45, 2.75) is 120 Å². The number of nitrogens with zero attached hydrogens (tertiary/aromatic N) is 1. The summed E-state index contributed by atoms with van der Waals surface area (Å²) in [6.07, 6.45) is 14.9. The Labute approximate surface area is 185 Å². The van der Waals surface area contributed by atoms with Crippen LogP contribution < -0.4 is 10.6 Å². The van der Waals surface area contributed by atoms with Crippen LogP contribution in [0.3, 0.4) is 0 Å². The molecule has 0 bridgehead atoms. The van der Waals surface area contributed by atoms with Crippen LogP contribution in [0.2, 0.25) is 0 Å². The zero-order valence-electron chi connectivity index (χ0n) is 18.6. The monoisotopic (exact) mass is 431 g/mol. The van der Waals surface area contributed by atoms with Crippen LogP contribution in [0, 0.1) is 5.92 Å². The Morgan fingerprint density at radius 2 is 1.10 bits per heavy atom. The van der Waals surface area contributed by atoms with Gasteiger partial charge in [0.25, 0.3) is 5.91 Å². The van der Waals surface area contributed by atoms with E-state index in [1.165, 1.54) is 11.3 Å². The molecular formula is C24H37N3O4. The van der Waals surface area contributed by atoms with Gasteiger partial charge in [0, 0.05) is 18.1 Å². The topological polar surface area (TPSA) is 95.6 Å². The zero-order chi connectivity index (χ0) is 21.8. The highest BCUT2D eigenvalue weighted by Crippen LogP contribution is 2.33. The minimum absolute atomic E-state index is 0.0370. The highest BCUT2D eigenvalue weighted by molar-refractivity contribution is 6.44. The number of nitrogens with one attached hydrogen (secondary N) is 2. The van der Waals surface area contributed by atoms with Crippen LogP contribution in [0.25, 0.3) is 0 Å². The molecule has 2 N–H and O–H groups in total. The summed E-state index contributed by atoms with van der Waals surface area (Å²) in [5, 5.41) is 6.10. The SMILES string of the molecule is O=C(NC1CCCCC1)[C@H]1C(=O)C(=O)N(C2CCCCC2)[C@@H]1C(=O)NC1CCCCC1. The number of likely N-dealkylation sites (tertiary alicyclic amines) is 1. The second kappa shape index (κ2) is 10.1. The first-order chi connectivity index (χ1) is 15.1. The maximum Gasteiger partial charge on any atom is 0.291 e. The second-order valence-corrected chi connectivity index (χ2v) is 9.98. The molecule has 0 radical (unpaired) electrons. The largest absolute Gasteiger partial charge is 0.353 e. The van der Waals surface area contributed by atoms with E-state index < -0.39 is 29.6 Å². The lowest BCUT2D eigenvalue weighted by molar-refractivity contribution is -0.144. The summed E-state index contributed by atoms with van der Waals surface area (Å²) in [5.41, 5.74) is 0. The van der Waals surface area contributed by atoms with E-state index in [9.17, 15) is 19.2 Å². The fourth-order valence-electron chi connectivity index (χ4n) is 6.05. The lowest BCUT2D eigenvalue weighted by Gasteiger charge is -2.36. The van der Waals surface area contributed by atoms with Crippen molar-refractivity contribution < 1.29 is 19.2 Å². The third-order valence-corrected chi connectivity index (χ3v) is 7.77. The Kier molecular flexibility index (Phi) is 7.28. The van der Waals surface area contributed by atoms with Crippen LogP contribution >= 0.6 is 0 Å². The smallest absolute Gasteiger partial charge is 0.291 e. The first-order valence-electron chi connectivity index (χ1n) is 12.5. The quantitative estimate of drug-likeness (QED) is 0.517. The fraction of sp³-hybridized carbons (Fsp3) is 0.833. The maximum absolute atomic E-state index is 13.4. The summed E-state index contributed by atoms with van der Waals surface area (Å²) >= 11 is 0. The fourth-order valence-corrected chi connectivity index (χ4v) is 6.05. The summed E-state index contributed by atoms with van der Waals surface area (Å²) in [5.74, 6) is -3.32. The molecule has 0 aromatic carbocycles. The molecule has 7 nitrogen and oxygen atoms in total. The number of carbonyl (C=O) groups excluding carboxylic acids is 4. The van der Waals surface area contributed by atoms with E-state index in [0.717, 1.165) is 89.9 Å². The normalized spacial score (nSPS) is 29.2. The van der Waals surface area contributed by atoms with Crippen molar-refractivity contribution in [1.82, 2.24) is 15.5 Å². The minimum atomic E-state index is -1.22. The Morgan fingerprint density at radius 1 is 0.645 bits per heavy atom. The van der Waals surface area contributed by atoms with Gasteiger partial charge in [-0.3, -0.25) is 19.2 Å². The number of amides is 3. The number of ketones is 1. The lowest BCUT2D eigenvalue weighted by Crippen LogP contribution is -2.56. The standard InChI is InChI=1S/C24H37N3O4/c28-21-19(22(29)25-16-10-4-1-5-11-16)20(23(30)26-17-12-6-2-7-13-17)27(24(21)31)18-14-8-3-9-15-18/h16-20H,1-15H2,(H,25,29)(H,26,30)/t19-,20+/m1/s1. The van der Waals surface area contributed by atoms with E-state index in [0.29, 0.717) is 0 Å². The predicted octanol–water partition coefficient (Wildman–Crippen LogP) is 2.61. The molecule has 31 heavy (non-hydrogen) atoms. The number of carbonyl (C=O) groups is 4. The van der Waals surface area contributed by atoms with Crippen LogP contribution in [-0.4, -0.2) is 52.6 Å². The molecular weight excluding hydrogens is 394 g/mol. The molecule has 0 aromatic heterocycles. The molecule has 0 aromatic rings. The van der Waals surface area contributed by atoms with Gasteiger partial charge >= 0.3 is 0 Å². The average molecular weight is 432 g/mol. The first kappa shape index (κ1) is 22.3. The molecule has 1 saturated heterocycles. The molecule has 172 valence electrons. The molecule has 4 fully saturated rings. The van der Waals surface area contributed by atoms with E-state index in [1.54, 1.807) is 0 Å². The van der Waals surface area contributed by atoms with Gasteiger partial charge in [-0.05, 0) is 38.5 Å². The summed E-state index contributed by atoms with van der Waals surface area (Å²) in [6, 6.07) is -1.02. The van der Waals surface area contributed by atoms with E-state index in [-0.39, 0.29) is 24.0 Å². The highest BCUT2D eigenvalue weighted by atomic mass is 16.2. The second-order valence-electron chi connectivity index (χ2n) is 9.98. The van der Waals surface area contributed by atoms with E-state index in [1.807, 2.05) is 0 Å². The lowest BCUT2D eigenvalue weighted by atomic mass is 9.90. The average Bonchev–Trinajstić information content (AvgIpc) is 3.06. The van der Waals surface area contributed by atoms with Crippen LogP contribution in [0.15, 0.2) is 0 Å². The van der Waals surface area contributed by atoms with Gasteiger partial charge in [0.05, 0.1) is 0 Å². The Bertz CT molecular complexity index is 691. The molecule has 3 amide bonds. The Morgan fingerprint density at radius 3 is 1.61 bits per heavy atom. The van der Waals surface area contributed by atoms with Gasteiger partial charge in [0.1, 0.15) is 12.0 Å². The molecule has 3 saturated carbocycles. The van der Waals surface area contributed by atoms with Crippen molar-refractivity contribution in [3.05, 3.63) is 0 Å². The maximum atomic E-state index is 13.4. The molecule has 4 aliphatic rings. The summed E-state index contributed by atoms with van der Waals surface area (Å²) in [6.45, 7) is 0. The van der Waals surface area contributed by atoms with Crippen LogP contribution in [-0.2, 0) is 19.2 Å². The van der Waals surface area contributed by atoms with Gasteiger partial charge in [-0.2, -0.15) is 0 Å². The number of hydrogen-bond donors (Lipinski definition) is 2. The number of rotatable bonds is 5. The van der Waals surface area contributed by atoms with Crippen molar-refractivity contribution in [3.8, 4) is 0 Å². The van der Waals surface area contributed by atoms with Crippen molar-refractivity contribution in [3.63, 3.8) is 0 Å². The molecule has 0 spiro atoms. The van der Waals surface area contributed by atoms with Crippen molar-refractivity contribution in [2.24, 2.45) is 5.92 Å². The Hall–Kier alpha value is -1.92. The van der Waals surface area contributed by atoms with E-state index in [4.69, 9.17) is 0 Å². The van der Waals surface area contributed by atoms with Gasteiger partial charge in [-0.15, -0.1) is 0 Å². The highest BCUT2D eigenvalue weighted by Gasteiger charge is 2.56. The molecule has 4 rings (SSSR count). The van der Waals surface area contributed by atoms with Crippen molar-refractivity contribution in [2.75, 3.05) is 0 Å². The molecule has 7 heteroatoms. The predicted molar refractivity (Wildman–Crippen MR) is 116 cm³/mol. The van der Waals surface area contributed by atoms with Crippen LogP contribution in [0.4, 0.5) is 0 Å². The zero-order valence-corrected chi connectivity index (χ0v) is 18.6. The summed E-state index contributed by atoms with van der Waals surface area (Å²) in [7, 11) is 0. The van der Waals surface area contributed by atoms with Crippen molar-refractivity contribution >= 4 is 23.5 Å². The van der Waals surface area contributed by atoms with Crippen LogP contribution in [0.1, 0.15) is 96.3 Å². The number of hydrogen-bond acceptors (Lipinski definition) is 4. The third-order valence-electron chi connectivity index (χ3n) is 7.77. The van der Waals surface area contributed by atoms with Gasteiger partial charge in [-0.1, -0.05) is 57.8 Å². The van der Waals surface area contributed by atoms with Gasteiger partial charge < -0.3 is 15.5 Å². The molecule has 1 heterocycles. The van der Waals surface area contributed by atoms with Gasteiger partial charge in [-0.25, -0.2) is 0 Å². The third kappa shape index (κ3) is 4.96. The molecule has 2 atom stereocenters. The first-order valence-corrected chi connectivity index (χ1v) is 12.5. The van der Waals surface area contributed by atoms with Gasteiger partial charge in [0.2, 0.25) is 17.6 Å². The summed E-state index contributed by atoms with van der Waals surface area (Å²) < 4.78 is 0. The molecule has 1 aliphatic heterocycles. The van der Waals surface area contributed by atoms with Gasteiger partial charge in [0.15, 0.2) is 0 Å². The molecule has 3 aliphatic carbocycles. The van der Waals surface area contributed by atoms with Crippen molar-refractivity contribution in [1.29, 1.82) is 0 Å². The minimum Gasteiger partial charge on any atom is -0.353 e. The van der Waals surface area contributed by atoms with E-state index in [2.05, 4.69) is 10.6 Å². The van der Waals surface area contributed by atoms with E-state index >= 15 is 0 Å².